The van der Waals surface area contributed by atoms with Gasteiger partial charge in [0.25, 0.3) is 0 Å². The van der Waals surface area contributed by atoms with Crippen molar-refractivity contribution >= 4 is 31.9 Å². The van der Waals surface area contributed by atoms with E-state index in [0.29, 0.717) is 10.2 Å². The molecule has 0 heterocycles. The highest BCUT2D eigenvalue weighted by Gasteiger charge is 2.16. The van der Waals surface area contributed by atoms with Crippen LogP contribution >= 0.6 is 15.9 Å². The predicted octanol–water partition coefficient (Wildman–Crippen LogP) is 2.89. The molecule has 0 atom stereocenters. The number of sulfonamides is 1. The van der Waals surface area contributed by atoms with E-state index in [1.54, 1.807) is 0 Å². The minimum absolute atomic E-state index is 0.0290. The summed E-state index contributed by atoms with van der Waals surface area (Å²) in [7, 11) is -3.90. The van der Waals surface area contributed by atoms with E-state index in [2.05, 4.69) is 22.9 Å². The largest absolute Gasteiger partial charge is 0.490 e. The molecule has 0 saturated carbocycles. The number of benzene rings is 2. The van der Waals surface area contributed by atoms with Crippen LogP contribution in [0.4, 0.5) is 0 Å². The number of ether oxygens (including phenoxy) is 2. The molecule has 0 spiro atoms. The fourth-order valence-corrected chi connectivity index (χ4v) is 3.01. The number of primary sulfonamides is 1. The number of carbonyl (C=O) groups is 1. The summed E-state index contributed by atoms with van der Waals surface area (Å²) in [6, 6.07) is 11.6. The normalized spacial score (nSPS) is 11.2. The lowest BCUT2D eigenvalue weighted by Crippen LogP contribution is -2.15. The first-order valence-corrected chi connectivity index (χ1v) is 9.86. The van der Waals surface area contributed by atoms with Gasteiger partial charge in [0.05, 0.1) is 10.5 Å². The van der Waals surface area contributed by atoms with Crippen LogP contribution in [0, 0.1) is 0 Å². The minimum Gasteiger partial charge on any atom is -0.490 e. The number of aryl methyl sites for hydroxylation is 1. The van der Waals surface area contributed by atoms with Crippen molar-refractivity contribution < 1.29 is 22.7 Å². The summed E-state index contributed by atoms with van der Waals surface area (Å²) in [5.74, 6) is 0.0380. The average molecular weight is 428 g/mol. The molecule has 2 rings (SSSR count). The summed E-state index contributed by atoms with van der Waals surface area (Å²) < 4.78 is 33.8. The molecule has 6 nitrogen and oxygen atoms in total. The van der Waals surface area contributed by atoms with E-state index < -0.39 is 16.0 Å². The van der Waals surface area contributed by atoms with Gasteiger partial charge in [0.1, 0.15) is 19.0 Å². The molecule has 0 aliphatic carbocycles. The third kappa shape index (κ3) is 5.55. The van der Waals surface area contributed by atoms with Gasteiger partial charge in [-0.3, -0.25) is 0 Å². The van der Waals surface area contributed by atoms with Crippen LogP contribution < -0.4 is 9.88 Å². The van der Waals surface area contributed by atoms with Gasteiger partial charge in [-0.1, -0.05) is 19.1 Å². The fourth-order valence-electron chi connectivity index (χ4n) is 2.06. The van der Waals surface area contributed by atoms with Crippen molar-refractivity contribution in [1.82, 2.24) is 0 Å². The molecule has 0 radical (unpaired) electrons. The summed E-state index contributed by atoms with van der Waals surface area (Å²) in [5, 5.41) is 5.07. The molecule has 0 unspecified atom stereocenters. The first kappa shape index (κ1) is 19.4. The second-order valence-corrected chi connectivity index (χ2v) is 7.59. The van der Waals surface area contributed by atoms with Crippen molar-refractivity contribution in [1.29, 1.82) is 0 Å². The summed E-state index contributed by atoms with van der Waals surface area (Å²) in [6.07, 6.45) is 0.903. The zero-order chi connectivity index (χ0) is 18.4. The van der Waals surface area contributed by atoms with Crippen molar-refractivity contribution in [3.05, 3.63) is 58.1 Å². The van der Waals surface area contributed by atoms with E-state index in [1.165, 1.54) is 18.2 Å². The van der Waals surface area contributed by atoms with E-state index in [9.17, 15) is 13.2 Å². The maximum Gasteiger partial charge on any atom is 0.339 e. The number of nitrogens with two attached hydrogens (primary N) is 1. The maximum atomic E-state index is 12.1. The lowest BCUT2D eigenvalue weighted by Gasteiger charge is -2.10. The quantitative estimate of drug-likeness (QED) is 0.541. The summed E-state index contributed by atoms with van der Waals surface area (Å²) in [5.41, 5.74) is 1.23. The van der Waals surface area contributed by atoms with Crippen LogP contribution in [-0.2, 0) is 21.2 Å². The van der Waals surface area contributed by atoms with E-state index in [1.807, 2.05) is 24.3 Å². The Morgan fingerprint density at radius 1 is 1.16 bits per heavy atom. The standard InChI is InChI=1S/C17H18BrNO5S/c1-2-12-4-3-5-13(10-12)23-8-9-24-17(20)15-11-14(25(19,21)22)6-7-16(15)18/h3-7,10-11H,2,8-9H2,1H3,(H2,19,21,22). The van der Waals surface area contributed by atoms with Crippen LogP contribution in [0.5, 0.6) is 5.75 Å². The van der Waals surface area contributed by atoms with Crippen molar-refractivity contribution in [3.63, 3.8) is 0 Å². The van der Waals surface area contributed by atoms with E-state index >= 15 is 0 Å². The molecule has 0 aliphatic rings. The summed E-state index contributed by atoms with van der Waals surface area (Å²) in [6.45, 7) is 2.26. The number of rotatable bonds is 7. The second-order valence-electron chi connectivity index (χ2n) is 5.17. The van der Waals surface area contributed by atoms with Gasteiger partial charge >= 0.3 is 5.97 Å². The van der Waals surface area contributed by atoms with Gasteiger partial charge in [-0.2, -0.15) is 0 Å². The number of hydrogen-bond acceptors (Lipinski definition) is 5. The van der Waals surface area contributed by atoms with Crippen molar-refractivity contribution in [2.45, 2.75) is 18.2 Å². The van der Waals surface area contributed by atoms with Crippen LogP contribution in [-0.4, -0.2) is 27.6 Å². The molecular weight excluding hydrogens is 410 g/mol. The Morgan fingerprint density at radius 2 is 1.92 bits per heavy atom. The molecular formula is C17H18BrNO5S. The number of carbonyl (C=O) groups excluding carboxylic acids is 1. The first-order chi connectivity index (χ1) is 11.8. The first-order valence-electron chi connectivity index (χ1n) is 7.52. The average Bonchev–Trinajstić information content (AvgIpc) is 2.58. The Hall–Kier alpha value is -1.90. The van der Waals surface area contributed by atoms with Crippen molar-refractivity contribution in [2.24, 2.45) is 5.14 Å². The third-order valence-electron chi connectivity index (χ3n) is 3.38. The number of esters is 1. The molecule has 0 amide bonds. The van der Waals surface area contributed by atoms with Gasteiger partial charge in [0.2, 0.25) is 10.0 Å². The molecule has 2 aromatic rings. The molecule has 2 aromatic carbocycles. The zero-order valence-corrected chi connectivity index (χ0v) is 16.0. The third-order valence-corrected chi connectivity index (χ3v) is 4.98. The minimum atomic E-state index is -3.90. The van der Waals surface area contributed by atoms with Gasteiger partial charge < -0.3 is 9.47 Å². The summed E-state index contributed by atoms with van der Waals surface area (Å²) in [4.78, 5) is 12.0. The van der Waals surface area contributed by atoms with Crippen molar-refractivity contribution in [2.75, 3.05) is 13.2 Å². The predicted molar refractivity (Wildman–Crippen MR) is 97.1 cm³/mol. The van der Waals surface area contributed by atoms with Crippen LogP contribution in [0.2, 0.25) is 0 Å². The second kappa shape index (κ2) is 8.46. The molecule has 0 bridgehead atoms. The lowest BCUT2D eigenvalue weighted by molar-refractivity contribution is 0.0449. The Balaban J connectivity index is 1.94. The molecule has 0 aliphatic heterocycles. The van der Waals surface area contributed by atoms with Gasteiger partial charge in [0.15, 0.2) is 0 Å². The topological polar surface area (TPSA) is 95.7 Å². The molecule has 0 aromatic heterocycles. The molecule has 2 N–H and O–H groups in total. The van der Waals surface area contributed by atoms with Gasteiger partial charge in [-0.15, -0.1) is 0 Å². The van der Waals surface area contributed by atoms with Crippen molar-refractivity contribution in [3.8, 4) is 5.75 Å². The zero-order valence-electron chi connectivity index (χ0n) is 13.6. The van der Waals surface area contributed by atoms with Gasteiger partial charge in [-0.25, -0.2) is 18.4 Å². The Morgan fingerprint density at radius 3 is 2.60 bits per heavy atom. The van der Waals surface area contributed by atoms with E-state index in [0.717, 1.165) is 12.0 Å². The molecule has 134 valence electrons. The molecule has 0 saturated heterocycles. The Kier molecular flexibility index (Phi) is 6.57. The van der Waals surface area contributed by atoms with E-state index in [4.69, 9.17) is 14.6 Å². The van der Waals surface area contributed by atoms with Crippen LogP contribution in [0.15, 0.2) is 51.8 Å². The van der Waals surface area contributed by atoms with E-state index in [-0.39, 0.29) is 23.7 Å². The fraction of sp³-hybridized carbons (Fsp3) is 0.235. The molecule has 0 fully saturated rings. The van der Waals surface area contributed by atoms with Crippen LogP contribution in [0.1, 0.15) is 22.8 Å². The van der Waals surface area contributed by atoms with Gasteiger partial charge in [-0.05, 0) is 58.2 Å². The molecule has 25 heavy (non-hydrogen) atoms. The summed E-state index contributed by atoms with van der Waals surface area (Å²) >= 11 is 3.19. The number of hydrogen-bond donors (Lipinski definition) is 1. The highest BCUT2D eigenvalue weighted by atomic mass is 79.9. The SMILES string of the molecule is CCc1cccc(OCCOC(=O)c2cc(S(N)(=O)=O)ccc2Br)c1. The maximum absolute atomic E-state index is 12.1. The van der Waals surface area contributed by atoms with Crippen LogP contribution in [0.25, 0.3) is 0 Å². The smallest absolute Gasteiger partial charge is 0.339 e. The Bertz CT molecular complexity index is 867. The highest BCUT2D eigenvalue weighted by Crippen LogP contribution is 2.21. The monoisotopic (exact) mass is 427 g/mol. The van der Waals surface area contributed by atoms with Crippen LogP contribution in [0.3, 0.4) is 0 Å². The van der Waals surface area contributed by atoms with Gasteiger partial charge in [0, 0.05) is 4.47 Å². The lowest BCUT2D eigenvalue weighted by atomic mass is 10.2. The number of halogens is 1. The highest BCUT2D eigenvalue weighted by molar-refractivity contribution is 9.10. The Labute approximate surface area is 155 Å². The molecule has 8 heteroatoms.